The fourth-order valence-electron chi connectivity index (χ4n) is 3.27. The van der Waals surface area contributed by atoms with Crippen LogP contribution in [-0.2, 0) is 4.74 Å². The number of hydrogen-bond acceptors (Lipinski definition) is 8. The van der Waals surface area contributed by atoms with Gasteiger partial charge in [-0.15, -0.1) is 5.10 Å². The molecule has 4 rings (SSSR count). The first-order valence-corrected chi connectivity index (χ1v) is 9.72. The van der Waals surface area contributed by atoms with E-state index in [0.29, 0.717) is 30.6 Å². The number of anilines is 2. The highest BCUT2D eigenvalue weighted by atomic mass is 16.6. The number of hydrogen-bond donors (Lipinski definition) is 1. The Balaban J connectivity index is 1.36. The summed E-state index contributed by atoms with van der Waals surface area (Å²) < 4.78 is 16.8. The highest BCUT2D eigenvalue weighted by Crippen LogP contribution is 2.30. The van der Waals surface area contributed by atoms with Crippen molar-refractivity contribution in [2.45, 2.75) is 52.1 Å². The number of aromatic nitrogens is 3. The van der Waals surface area contributed by atoms with Gasteiger partial charge in [0.15, 0.2) is 5.58 Å². The van der Waals surface area contributed by atoms with Gasteiger partial charge in [0.1, 0.15) is 11.1 Å². The Bertz CT molecular complexity index is 1010. The molecule has 2 aromatic heterocycles. The van der Waals surface area contributed by atoms with Crippen molar-refractivity contribution in [2.75, 3.05) is 18.4 Å². The number of nitrogens with one attached hydrogen (secondary N) is 1. The number of benzene rings is 1. The molecule has 9 heteroatoms. The second kappa shape index (κ2) is 7.38. The van der Waals surface area contributed by atoms with Gasteiger partial charge in [-0.2, -0.15) is 4.98 Å². The molecule has 3 aromatic rings. The molecule has 0 spiro atoms. The lowest BCUT2D eigenvalue weighted by Gasteiger charge is -2.32. The number of nitrogens with zero attached hydrogens (tertiary/aromatic N) is 4. The zero-order valence-electron chi connectivity index (χ0n) is 17.1. The zero-order valence-corrected chi connectivity index (χ0v) is 17.1. The molecule has 29 heavy (non-hydrogen) atoms. The molecule has 0 radical (unpaired) electrons. The number of fused-ring (bicyclic) bond motifs is 1. The van der Waals surface area contributed by atoms with Crippen LogP contribution in [0.15, 0.2) is 27.0 Å². The summed E-state index contributed by atoms with van der Waals surface area (Å²) in [6.07, 6.45) is 1.20. The smallest absolute Gasteiger partial charge is 0.410 e. The molecule has 0 saturated carbocycles. The third-order valence-corrected chi connectivity index (χ3v) is 4.69. The van der Waals surface area contributed by atoms with E-state index < -0.39 is 5.60 Å². The Labute approximate surface area is 168 Å². The van der Waals surface area contributed by atoms with Gasteiger partial charge in [0.05, 0.1) is 0 Å². The third kappa shape index (κ3) is 4.49. The standard InChI is InChI=1S/C20H25N5O4/c1-12-5-6-15-14(11-12)21-17(27-15)22-18-24-23-16(28-18)13-7-9-25(10-8-13)19(26)29-20(2,3)4/h5-6,11,13H,7-10H2,1-4H3,(H,21,22,24). The molecule has 0 bridgehead atoms. The molecular formula is C20H25N5O4. The molecule has 1 amide bonds. The van der Waals surface area contributed by atoms with Crippen LogP contribution in [0.4, 0.5) is 16.8 Å². The summed E-state index contributed by atoms with van der Waals surface area (Å²) >= 11 is 0. The number of carbonyl (C=O) groups is 1. The Morgan fingerprint density at radius 3 is 2.66 bits per heavy atom. The van der Waals surface area contributed by atoms with Gasteiger partial charge in [0.25, 0.3) is 0 Å². The van der Waals surface area contributed by atoms with Crippen molar-refractivity contribution in [1.29, 1.82) is 0 Å². The van der Waals surface area contributed by atoms with Gasteiger partial charge in [-0.05, 0) is 58.2 Å². The summed E-state index contributed by atoms with van der Waals surface area (Å²) in [6.45, 7) is 8.78. The van der Waals surface area contributed by atoms with E-state index in [-0.39, 0.29) is 18.0 Å². The van der Waals surface area contributed by atoms with Gasteiger partial charge >= 0.3 is 18.1 Å². The first-order valence-electron chi connectivity index (χ1n) is 9.72. The molecule has 0 unspecified atom stereocenters. The number of likely N-dealkylation sites (tertiary alicyclic amines) is 1. The molecule has 3 heterocycles. The first kappa shape index (κ1) is 19.2. The summed E-state index contributed by atoms with van der Waals surface area (Å²) in [7, 11) is 0. The van der Waals surface area contributed by atoms with Crippen LogP contribution >= 0.6 is 0 Å². The van der Waals surface area contributed by atoms with Gasteiger partial charge in [-0.25, -0.2) is 4.79 Å². The maximum Gasteiger partial charge on any atom is 0.410 e. The second-order valence-corrected chi connectivity index (χ2v) is 8.30. The van der Waals surface area contributed by atoms with Crippen molar-refractivity contribution in [3.05, 3.63) is 29.7 Å². The van der Waals surface area contributed by atoms with Crippen LogP contribution in [0.25, 0.3) is 11.1 Å². The number of amides is 1. The Hall–Kier alpha value is -3.10. The number of aryl methyl sites for hydroxylation is 1. The topological polar surface area (TPSA) is 107 Å². The largest absolute Gasteiger partial charge is 0.444 e. The molecule has 154 valence electrons. The monoisotopic (exact) mass is 399 g/mol. The molecule has 0 atom stereocenters. The Kier molecular flexibility index (Phi) is 4.89. The molecule has 1 N–H and O–H groups in total. The van der Waals surface area contributed by atoms with E-state index in [1.807, 2.05) is 45.9 Å². The van der Waals surface area contributed by atoms with Crippen molar-refractivity contribution in [2.24, 2.45) is 0 Å². The van der Waals surface area contributed by atoms with E-state index in [1.165, 1.54) is 0 Å². The molecule has 9 nitrogen and oxygen atoms in total. The summed E-state index contributed by atoms with van der Waals surface area (Å²) in [5.74, 6) is 0.645. The van der Waals surface area contributed by atoms with Crippen molar-refractivity contribution in [1.82, 2.24) is 20.1 Å². The SMILES string of the molecule is Cc1ccc2oc(Nc3nnc(C4CCN(C(=O)OC(C)(C)C)CC4)o3)nc2c1. The average Bonchev–Trinajstić information content (AvgIpc) is 3.27. The summed E-state index contributed by atoms with van der Waals surface area (Å²) in [6, 6.07) is 6.33. The predicted molar refractivity (Wildman–Crippen MR) is 106 cm³/mol. The molecular weight excluding hydrogens is 374 g/mol. The summed E-state index contributed by atoms with van der Waals surface area (Å²) in [4.78, 5) is 18.3. The molecule has 1 saturated heterocycles. The van der Waals surface area contributed by atoms with E-state index in [9.17, 15) is 4.79 Å². The van der Waals surface area contributed by atoms with E-state index in [4.69, 9.17) is 13.6 Å². The van der Waals surface area contributed by atoms with Gasteiger partial charge in [-0.3, -0.25) is 5.32 Å². The van der Waals surface area contributed by atoms with Crippen LogP contribution in [0.5, 0.6) is 0 Å². The molecule has 1 aromatic carbocycles. The van der Waals surface area contributed by atoms with E-state index >= 15 is 0 Å². The van der Waals surface area contributed by atoms with Crippen LogP contribution in [0.1, 0.15) is 51.0 Å². The van der Waals surface area contributed by atoms with Crippen molar-refractivity contribution in [3.8, 4) is 0 Å². The Morgan fingerprint density at radius 2 is 1.93 bits per heavy atom. The normalized spacial score (nSPS) is 15.7. The van der Waals surface area contributed by atoms with Crippen LogP contribution in [0, 0.1) is 6.92 Å². The lowest BCUT2D eigenvalue weighted by atomic mass is 9.97. The van der Waals surface area contributed by atoms with Crippen molar-refractivity contribution >= 4 is 29.2 Å². The summed E-state index contributed by atoms with van der Waals surface area (Å²) in [5, 5.41) is 11.1. The third-order valence-electron chi connectivity index (χ3n) is 4.69. The molecule has 0 aliphatic carbocycles. The maximum absolute atomic E-state index is 12.2. The van der Waals surface area contributed by atoms with Crippen molar-refractivity contribution in [3.63, 3.8) is 0 Å². The first-order chi connectivity index (χ1) is 13.8. The van der Waals surface area contributed by atoms with Gasteiger partial charge in [-0.1, -0.05) is 11.2 Å². The van der Waals surface area contributed by atoms with E-state index in [2.05, 4.69) is 20.5 Å². The second-order valence-electron chi connectivity index (χ2n) is 8.30. The molecule has 1 aliphatic rings. The number of rotatable bonds is 3. The fraction of sp³-hybridized carbons (Fsp3) is 0.500. The minimum atomic E-state index is -0.496. The maximum atomic E-state index is 12.2. The van der Waals surface area contributed by atoms with Gasteiger partial charge in [0, 0.05) is 19.0 Å². The van der Waals surface area contributed by atoms with Crippen LogP contribution in [0.2, 0.25) is 0 Å². The van der Waals surface area contributed by atoms with E-state index in [1.54, 1.807) is 4.90 Å². The quantitative estimate of drug-likeness (QED) is 0.691. The highest BCUT2D eigenvalue weighted by Gasteiger charge is 2.30. The average molecular weight is 399 g/mol. The van der Waals surface area contributed by atoms with Gasteiger partial charge in [0.2, 0.25) is 5.89 Å². The lowest BCUT2D eigenvalue weighted by Crippen LogP contribution is -2.41. The molecule has 1 aliphatic heterocycles. The van der Waals surface area contributed by atoms with Gasteiger partial charge < -0.3 is 18.5 Å². The number of piperidine rings is 1. The minimum Gasteiger partial charge on any atom is -0.444 e. The summed E-state index contributed by atoms with van der Waals surface area (Å²) in [5.41, 5.74) is 2.06. The van der Waals surface area contributed by atoms with Crippen LogP contribution in [0.3, 0.4) is 0 Å². The van der Waals surface area contributed by atoms with Crippen LogP contribution in [-0.4, -0.2) is 44.9 Å². The fourth-order valence-corrected chi connectivity index (χ4v) is 3.27. The zero-order chi connectivity index (χ0) is 20.6. The molecule has 1 fully saturated rings. The highest BCUT2D eigenvalue weighted by molar-refractivity contribution is 5.75. The lowest BCUT2D eigenvalue weighted by molar-refractivity contribution is 0.0199. The number of ether oxygens (including phenoxy) is 1. The van der Waals surface area contributed by atoms with Crippen molar-refractivity contribution < 1.29 is 18.4 Å². The number of carbonyl (C=O) groups excluding carboxylic acids is 1. The van der Waals surface area contributed by atoms with E-state index in [0.717, 1.165) is 23.9 Å². The minimum absolute atomic E-state index is 0.100. The Morgan fingerprint density at radius 1 is 1.17 bits per heavy atom. The predicted octanol–water partition coefficient (Wildman–Crippen LogP) is 4.38. The number of oxazole rings is 1. The van der Waals surface area contributed by atoms with Crippen LogP contribution < -0.4 is 5.32 Å².